The van der Waals surface area contributed by atoms with Crippen LogP contribution >= 0.6 is 0 Å². The first kappa shape index (κ1) is 14.1. The lowest BCUT2D eigenvalue weighted by atomic mass is 10.1. The normalized spacial score (nSPS) is 10.8. The summed E-state index contributed by atoms with van der Waals surface area (Å²) < 4.78 is 10.5. The van der Waals surface area contributed by atoms with E-state index in [-0.39, 0.29) is 17.9 Å². The lowest BCUT2D eigenvalue weighted by Gasteiger charge is -2.06. The van der Waals surface area contributed by atoms with Gasteiger partial charge in [-0.05, 0) is 36.8 Å². The number of benzene rings is 2. The fourth-order valence-electron chi connectivity index (χ4n) is 2.20. The summed E-state index contributed by atoms with van der Waals surface area (Å²) in [5, 5.41) is 11.7. The number of nitrogens with zero attached hydrogens (tertiary/aromatic N) is 1. The van der Waals surface area contributed by atoms with Crippen molar-refractivity contribution in [1.82, 2.24) is 4.98 Å². The Kier molecular flexibility index (Phi) is 3.55. The van der Waals surface area contributed by atoms with Gasteiger partial charge in [-0.15, -0.1) is 0 Å². The fraction of sp³-hybridized carbons (Fsp3) is 0.176. The zero-order valence-corrected chi connectivity index (χ0v) is 12.3. The number of oxazole rings is 1. The fourth-order valence-corrected chi connectivity index (χ4v) is 2.20. The Morgan fingerprint density at radius 1 is 1.23 bits per heavy atom. The van der Waals surface area contributed by atoms with Gasteiger partial charge in [0.2, 0.25) is 5.89 Å². The van der Waals surface area contributed by atoms with Gasteiger partial charge in [-0.3, -0.25) is 0 Å². The third-order valence-electron chi connectivity index (χ3n) is 3.48. The number of ether oxygens (including phenoxy) is 1. The van der Waals surface area contributed by atoms with E-state index >= 15 is 0 Å². The summed E-state index contributed by atoms with van der Waals surface area (Å²) in [6.07, 6.45) is 0. The van der Waals surface area contributed by atoms with Crippen molar-refractivity contribution in [1.29, 1.82) is 0 Å². The van der Waals surface area contributed by atoms with Crippen LogP contribution in [0.4, 0.5) is 0 Å². The van der Waals surface area contributed by atoms with E-state index < -0.39 is 5.97 Å². The lowest BCUT2D eigenvalue weighted by molar-refractivity contribution is 0.0434. The highest BCUT2D eigenvalue weighted by molar-refractivity contribution is 5.98. The number of aromatic hydroxyl groups is 1. The number of phenolic OH excluding ortho intramolecular Hbond substituents is 1. The van der Waals surface area contributed by atoms with E-state index in [1.54, 1.807) is 19.1 Å². The molecule has 0 saturated heterocycles. The second-order valence-corrected chi connectivity index (χ2v) is 5.04. The van der Waals surface area contributed by atoms with Crippen molar-refractivity contribution in [2.24, 2.45) is 0 Å². The van der Waals surface area contributed by atoms with E-state index in [4.69, 9.17) is 9.15 Å². The lowest BCUT2D eigenvalue weighted by Crippen LogP contribution is -2.06. The third kappa shape index (κ3) is 2.65. The van der Waals surface area contributed by atoms with Crippen LogP contribution in [0.2, 0.25) is 0 Å². The number of fused-ring (bicyclic) bond motifs is 1. The number of phenols is 1. The quantitative estimate of drug-likeness (QED) is 0.749. The first-order valence-corrected chi connectivity index (χ1v) is 6.86. The van der Waals surface area contributed by atoms with Crippen LogP contribution in [0.25, 0.3) is 10.8 Å². The van der Waals surface area contributed by atoms with Gasteiger partial charge >= 0.3 is 5.97 Å². The van der Waals surface area contributed by atoms with Crippen LogP contribution < -0.4 is 0 Å². The summed E-state index contributed by atoms with van der Waals surface area (Å²) in [6.45, 7) is 3.54. The predicted molar refractivity (Wildman–Crippen MR) is 80.7 cm³/mol. The first-order valence-electron chi connectivity index (χ1n) is 6.86. The van der Waals surface area contributed by atoms with Crippen LogP contribution in [0.15, 0.2) is 40.8 Å². The second kappa shape index (κ2) is 5.52. The van der Waals surface area contributed by atoms with Gasteiger partial charge in [0.1, 0.15) is 17.1 Å². The molecule has 2 aromatic carbocycles. The molecule has 1 aromatic heterocycles. The van der Waals surface area contributed by atoms with Crippen molar-refractivity contribution in [3.05, 3.63) is 59.3 Å². The smallest absolute Gasteiger partial charge is 0.342 e. The van der Waals surface area contributed by atoms with E-state index in [0.717, 1.165) is 16.5 Å². The standard InChI is InChI=1S/C17H15NO4/c1-10-11(2)22-16(18-10)9-21-17(20)14-7-12-5-3-4-6-13(12)8-15(14)19/h3-8,19H,9H2,1-2H3. The third-order valence-corrected chi connectivity index (χ3v) is 3.48. The molecule has 0 aliphatic carbocycles. The molecule has 0 unspecified atom stereocenters. The molecule has 3 rings (SSSR count). The van der Waals surface area contributed by atoms with E-state index in [2.05, 4.69) is 4.98 Å². The highest BCUT2D eigenvalue weighted by atomic mass is 16.5. The van der Waals surface area contributed by atoms with Gasteiger partial charge in [-0.1, -0.05) is 24.3 Å². The molecule has 0 spiro atoms. The molecule has 0 atom stereocenters. The van der Waals surface area contributed by atoms with Crippen LogP contribution in [-0.4, -0.2) is 16.1 Å². The Labute approximate surface area is 127 Å². The number of esters is 1. The summed E-state index contributed by atoms with van der Waals surface area (Å²) in [4.78, 5) is 16.3. The molecule has 22 heavy (non-hydrogen) atoms. The van der Waals surface area contributed by atoms with Crippen LogP contribution in [0.3, 0.4) is 0 Å². The number of carbonyl (C=O) groups is 1. The van der Waals surface area contributed by atoms with Gasteiger partial charge in [0.25, 0.3) is 0 Å². The molecule has 112 valence electrons. The molecule has 1 N–H and O–H groups in total. The first-order chi connectivity index (χ1) is 10.5. The Morgan fingerprint density at radius 3 is 2.55 bits per heavy atom. The van der Waals surface area contributed by atoms with Gasteiger partial charge in [0.05, 0.1) is 5.69 Å². The molecule has 0 aliphatic heterocycles. The highest BCUT2D eigenvalue weighted by Crippen LogP contribution is 2.25. The molecule has 0 radical (unpaired) electrons. The molecule has 5 nitrogen and oxygen atoms in total. The van der Waals surface area contributed by atoms with E-state index in [1.807, 2.05) is 31.2 Å². The SMILES string of the molecule is Cc1nc(COC(=O)c2cc3ccccc3cc2O)oc1C. The maximum absolute atomic E-state index is 12.1. The van der Waals surface area contributed by atoms with Crippen LogP contribution in [0, 0.1) is 13.8 Å². The molecule has 0 bridgehead atoms. The van der Waals surface area contributed by atoms with Crippen molar-refractivity contribution in [3.63, 3.8) is 0 Å². The van der Waals surface area contributed by atoms with Crippen molar-refractivity contribution in [2.45, 2.75) is 20.5 Å². The molecule has 0 aliphatic rings. The monoisotopic (exact) mass is 297 g/mol. The van der Waals surface area contributed by atoms with E-state index in [1.165, 1.54) is 0 Å². The summed E-state index contributed by atoms with van der Waals surface area (Å²) in [5.74, 6) is 0.309. The number of aromatic nitrogens is 1. The predicted octanol–water partition coefficient (Wildman–Crippen LogP) is 3.51. The molecule has 3 aromatic rings. The Hall–Kier alpha value is -2.82. The van der Waals surface area contributed by atoms with E-state index in [9.17, 15) is 9.90 Å². The summed E-state index contributed by atoms with van der Waals surface area (Å²) >= 11 is 0. The van der Waals surface area contributed by atoms with Crippen molar-refractivity contribution in [2.75, 3.05) is 0 Å². The van der Waals surface area contributed by atoms with E-state index in [0.29, 0.717) is 11.7 Å². The minimum Gasteiger partial charge on any atom is -0.507 e. The number of hydrogen-bond donors (Lipinski definition) is 1. The summed E-state index contributed by atoms with van der Waals surface area (Å²) in [5.41, 5.74) is 0.887. The molecular weight excluding hydrogens is 282 g/mol. The maximum atomic E-state index is 12.1. The van der Waals surface area contributed by atoms with Crippen LogP contribution in [-0.2, 0) is 11.3 Å². The minimum atomic E-state index is -0.614. The summed E-state index contributed by atoms with van der Waals surface area (Å²) in [7, 11) is 0. The Bertz CT molecular complexity index is 831. The van der Waals surface area contributed by atoms with Gasteiger partial charge in [-0.25, -0.2) is 9.78 Å². The molecular formula is C17H15NO4. The number of carbonyl (C=O) groups excluding carboxylic acids is 1. The molecule has 0 amide bonds. The molecule has 0 fully saturated rings. The van der Waals surface area contributed by atoms with Crippen molar-refractivity contribution in [3.8, 4) is 5.75 Å². The van der Waals surface area contributed by atoms with Crippen LogP contribution in [0.1, 0.15) is 27.7 Å². The Balaban J connectivity index is 1.81. The number of hydrogen-bond acceptors (Lipinski definition) is 5. The zero-order valence-electron chi connectivity index (χ0n) is 12.3. The van der Waals surface area contributed by atoms with Crippen LogP contribution in [0.5, 0.6) is 5.75 Å². The second-order valence-electron chi connectivity index (χ2n) is 5.04. The largest absolute Gasteiger partial charge is 0.507 e. The maximum Gasteiger partial charge on any atom is 0.342 e. The average Bonchev–Trinajstić information content (AvgIpc) is 2.82. The van der Waals surface area contributed by atoms with Gasteiger partial charge in [0, 0.05) is 0 Å². The Morgan fingerprint density at radius 2 is 1.91 bits per heavy atom. The highest BCUT2D eigenvalue weighted by Gasteiger charge is 2.15. The molecule has 5 heteroatoms. The average molecular weight is 297 g/mol. The summed E-state index contributed by atoms with van der Waals surface area (Å²) in [6, 6.07) is 10.6. The van der Waals surface area contributed by atoms with Crippen molar-refractivity contribution >= 4 is 16.7 Å². The number of aryl methyl sites for hydroxylation is 2. The van der Waals surface area contributed by atoms with Crippen molar-refractivity contribution < 1.29 is 19.1 Å². The van der Waals surface area contributed by atoms with Gasteiger partial charge < -0.3 is 14.3 Å². The minimum absolute atomic E-state index is 0.0697. The zero-order chi connectivity index (χ0) is 15.7. The molecule has 1 heterocycles. The topological polar surface area (TPSA) is 72.6 Å². The van der Waals surface area contributed by atoms with Gasteiger partial charge in [-0.2, -0.15) is 0 Å². The number of rotatable bonds is 3. The van der Waals surface area contributed by atoms with Gasteiger partial charge in [0.15, 0.2) is 6.61 Å². The molecule has 0 saturated carbocycles.